The molecule has 0 fully saturated rings. The van der Waals surface area contributed by atoms with Gasteiger partial charge in [-0.15, -0.1) is 0 Å². The van der Waals surface area contributed by atoms with Gasteiger partial charge in [0.15, 0.2) is 0 Å². The Balaban J connectivity index is 0.000000253. The molecule has 0 amide bonds. The van der Waals surface area contributed by atoms with E-state index in [2.05, 4.69) is 162 Å². The van der Waals surface area contributed by atoms with Crippen molar-refractivity contribution in [2.75, 3.05) is 26.2 Å². The molecule has 0 aliphatic heterocycles. The quantitative estimate of drug-likeness (QED) is 0.0961. The fourth-order valence-corrected chi connectivity index (χ4v) is 6.77. The topological polar surface area (TPSA) is 0 Å². The molecule has 1 nitrogen and oxygen atoms in total. The number of hydrogen-bond acceptors (Lipinski definition) is 0. The van der Waals surface area contributed by atoms with Gasteiger partial charge in [-0.25, -0.2) is 0 Å². The van der Waals surface area contributed by atoms with E-state index >= 15 is 0 Å². The van der Waals surface area contributed by atoms with Crippen molar-refractivity contribution in [3.63, 3.8) is 0 Å². The van der Waals surface area contributed by atoms with E-state index in [9.17, 15) is 0 Å². The van der Waals surface area contributed by atoms with Crippen molar-refractivity contribution in [3.05, 3.63) is 127 Å². The predicted octanol–water partition coefficient (Wildman–Crippen LogP) is 12.7. The van der Waals surface area contributed by atoms with E-state index < -0.39 is 0 Å². The minimum absolute atomic E-state index is 1.23. The van der Waals surface area contributed by atoms with Gasteiger partial charge in [-0.2, -0.15) is 0 Å². The summed E-state index contributed by atoms with van der Waals surface area (Å²) in [4.78, 5) is 0. The molecule has 1 heterocycles. The maximum atomic E-state index is 2.33. The summed E-state index contributed by atoms with van der Waals surface area (Å²) < 4.78 is 1.42. The molecule has 0 saturated carbocycles. The molecule has 0 N–H and O–H groups in total. The van der Waals surface area contributed by atoms with Crippen molar-refractivity contribution in [2.45, 2.75) is 79.1 Å². The predicted molar refractivity (Wildman–Crippen MR) is 209 cm³/mol. The van der Waals surface area contributed by atoms with Gasteiger partial charge in [-0.05, 0) is 25.7 Å². The normalized spacial score (nSPS) is 11.1. The van der Waals surface area contributed by atoms with Gasteiger partial charge in [0.2, 0.25) is 0 Å². The molecule has 2 heteroatoms. The standard InChI is InChI=1S/C29H21B.C16H36N/c1-5-13-22(14-6-1)26-21-30-29(25-19-11-4-12-20-25)28(24-17-9-3-10-18-24)27(26)23-15-7-2-8-16-23;1-5-9-13-17(14-10-6-2,15-11-7-3)16-12-8-4/h1-21H;5-16H2,1-4H3/q;+1. The molecular formula is C45H57BN+. The molecule has 1 aromatic heterocycles. The zero-order chi connectivity index (χ0) is 33.2. The van der Waals surface area contributed by atoms with Crippen LogP contribution in [-0.4, -0.2) is 37.6 Å². The Morgan fingerprint density at radius 3 is 1.13 bits per heavy atom. The summed E-state index contributed by atoms with van der Waals surface area (Å²) in [6.45, 7) is 17.3. The van der Waals surface area contributed by atoms with Crippen molar-refractivity contribution in [3.8, 4) is 44.4 Å². The summed E-state index contributed by atoms with van der Waals surface area (Å²) >= 11 is 0. The third-order valence-corrected chi connectivity index (χ3v) is 9.44. The van der Waals surface area contributed by atoms with Crippen LogP contribution in [0, 0.1) is 0 Å². The fraction of sp³-hybridized carbons (Fsp3) is 0.356. The van der Waals surface area contributed by atoms with Crippen LogP contribution < -0.4 is 0 Å². The van der Waals surface area contributed by atoms with Gasteiger partial charge in [-0.3, -0.25) is 0 Å². The molecular weight excluding hydrogens is 565 g/mol. The van der Waals surface area contributed by atoms with Crippen molar-refractivity contribution in [2.24, 2.45) is 0 Å². The van der Waals surface area contributed by atoms with Gasteiger partial charge >= 0.3 is 179 Å². The Morgan fingerprint density at radius 1 is 0.404 bits per heavy atom. The van der Waals surface area contributed by atoms with Crippen molar-refractivity contribution in [1.82, 2.24) is 0 Å². The van der Waals surface area contributed by atoms with E-state index in [0.717, 1.165) is 0 Å². The van der Waals surface area contributed by atoms with Gasteiger partial charge in [0.25, 0.3) is 0 Å². The molecule has 0 unspecified atom stereocenters. The van der Waals surface area contributed by atoms with Gasteiger partial charge < -0.3 is 4.48 Å². The van der Waals surface area contributed by atoms with Crippen LogP contribution in [-0.2, 0) is 0 Å². The number of hydrogen-bond donors (Lipinski definition) is 0. The number of rotatable bonds is 16. The van der Waals surface area contributed by atoms with E-state index in [1.54, 1.807) is 0 Å². The molecule has 0 radical (unpaired) electrons. The zero-order valence-corrected chi connectivity index (χ0v) is 29.6. The Kier molecular flexibility index (Phi) is 15.2. The monoisotopic (exact) mass is 622 g/mol. The first-order valence-corrected chi connectivity index (χ1v) is 18.4. The molecule has 0 aliphatic rings. The van der Waals surface area contributed by atoms with Gasteiger partial charge in [0, 0.05) is 0 Å². The van der Waals surface area contributed by atoms with E-state index in [1.165, 1.54) is 126 Å². The summed E-state index contributed by atoms with van der Waals surface area (Å²) in [6.07, 6.45) is 11.1. The molecule has 0 bridgehead atoms. The Morgan fingerprint density at radius 2 is 0.745 bits per heavy atom. The average molecular weight is 623 g/mol. The van der Waals surface area contributed by atoms with E-state index in [0.29, 0.717) is 0 Å². The fourth-order valence-electron chi connectivity index (χ4n) is 6.77. The van der Waals surface area contributed by atoms with Gasteiger partial charge in [0.1, 0.15) is 0 Å². The molecule has 0 atom stereocenters. The summed E-state index contributed by atoms with van der Waals surface area (Å²) in [7, 11) is 0. The van der Waals surface area contributed by atoms with Crippen LogP contribution in [0.15, 0.2) is 127 Å². The summed E-state index contributed by atoms with van der Waals surface area (Å²) in [5.74, 6) is 2.27. The van der Waals surface area contributed by atoms with Crippen LogP contribution in [0.3, 0.4) is 0 Å². The Hall–Kier alpha value is -3.75. The van der Waals surface area contributed by atoms with Crippen molar-refractivity contribution >= 4 is 6.91 Å². The van der Waals surface area contributed by atoms with Crippen molar-refractivity contribution < 1.29 is 4.48 Å². The number of quaternary nitrogens is 1. The molecule has 0 spiro atoms. The maximum absolute atomic E-state index is 2.33. The SMILES string of the molecule is CCCC[N+](CCCC)(CCCC)CCCC.b1cc(-c2ccccc2)c(-c2ccccc2)c(-c2ccccc2)c1-c1ccccc1. The van der Waals surface area contributed by atoms with Crippen LogP contribution in [0.1, 0.15) is 79.1 Å². The molecule has 47 heavy (non-hydrogen) atoms. The first kappa shape index (κ1) is 36.1. The van der Waals surface area contributed by atoms with E-state index in [-0.39, 0.29) is 0 Å². The summed E-state index contributed by atoms with van der Waals surface area (Å²) in [6, 6.07) is 42.8. The summed E-state index contributed by atoms with van der Waals surface area (Å²) in [5.41, 5.74) is 9.96. The number of nitrogens with zero attached hydrogens (tertiary/aromatic N) is 1. The first-order chi connectivity index (χ1) is 23.2. The average Bonchev–Trinajstić information content (AvgIpc) is 3.15. The molecule has 5 aromatic rings. The second kappa shape index (κ2) is 19.8. The van der Waals surface area contributed by atoms with Crippen molar-refractivity contribution in [1.29, 1.82) is 0 Å². The third kappa shape index (κ3) is 10.4. The summed E-state index contributed by atoms with van der Waals surface area (Å²) in [5, 5.41) is 0. The zero-order valence-electron chi connectivity index (χ0n) is 29.6. The van der Waals surface area contributed by atoms with Gasteiger partial charge in [-0.1, -0.05) is 53.4 Å². The number of unbranched alkanes of at least 4 members (excludes halogenated alkanes) is 4. The molecule has 5 rings (SSSR count). The third-order valence-electron chi connectivity index (χ3n) is 9.44. The van der Waals surface area contributed by atoms with Crippen LogP contribution in [0.5, 0.6) is 0 Å². The minimum atomic E-state index is 1.23. The van der Waals surface area contributed by atoms with Crippen LogP contribution in [0.25, 0.3) is 44.4 Å². The molecule has 0 saturated heterocycles. The van der Waals surface area contributed by atoms with E-state index in [4.69, 9.17) is 0 Å². The van der Waals surface area contributed by atoms with E-state index in [1.807, 2.05) is 0 Å². The molecule has 244 valence electrons. The van der Waals surface area contributed by atoms with Crippen LogP contribution >= 0.6 is 0 Å². The Labute approximate surface area is 287 Å². The second-order valence-electron chi connectivity index (χ2n) is 13.0. The van der Waals surface area contributed by atoms with Crippen LogP contribution in [0.4, 0.5) is 0 Å². The first-order valence-electron chi connectivity index (χ1n) is 18.4. The molecule has 0 aliphatic carbocycles. The van der Waals surface area contributed by atoms with Crippen LogP contribution in [0.2, 0.25) is 0 Å². The number of benzene rings is 4. The van der Waals surface area contributed by atoms with Gasteiger partial charge in [0.05, 0.1) is 26.2 Å². The Bertz CT molecular complexity index is 1410. The second-order valence-corrected chi connectivity index (χ2v) is 13.0. The molecule has 4 aromatic carbocycles.